The van der Waals surface area contributed by atoms with Gasteiger partial charge in [0.15, 0.2) is 0 Å². The summed E-state index contributed by atoms with van der Waals surface area (Å²) in [5.74, 6) is 2.42. The first kappa shape index (κ1) is 29.2. The molecule has 3 rings (SSSR count). The molecule has 0 heterocycles. The quantitative estimate of drug-likeness (QED) is 0.151. The van der Waals surface area contributed by atoms with Crippen molar-refractivity contribution in [3.63, 3.8) is 0 Å². The molecule has 0 spiro atoms. The van der Waals surface area contributed by atoms with Gasteiger partial charge in [-0.05, 0) is 98.5 Å². The highest BCUT2D eigenvalue weighted by atomic mass is 16.5. The number of ether oxygens (including phenoxy) is 1. The van der Waals surface area contributed by atoms with Crippen LogP contribution >= 0.6 is 0 Å². The fourth-order valence-electron chi connectivity index (χ4n) is 4.21. The molecule has 0 aliphatic rings. The summed E-state index contributed by atoms with van der Waals surface area (Å²) in [7, 11) is 1.97. The molecule has 0 amide bonds. The lowest BCUT2D eigenvalue weighted by atomic mass is 9.76. The first-order chi connectivity index (χ1) is 18.4. The third-order valence-corrected chi connectivity index (χ3v) is 5.92. The molecule has 0 atom stereocenters. The lowest BCUT2D eigenvalue weighted by Crippen LogP contribution is -2.33. The van der Waals surface area contributed by atoms with Crippen LogP contribution in [0.2, 0.25) is 0 Å². The number of likely N-dealkylation sites (N-methyl/N-ethyl adjacent to an activating group) is 1. The zero-order chi connectivity index (χ0) is 28.5. The van der Waals surface area contributed by atoms with Gasteiger partial charge < -0.3 is 9.64 Å². The summed E-state index contributed by atoms with van der Waals surface area (Å²) >= 11 is 0. The first-order valence-electron chi connectivity index (χ1n) is 12.9. The summed E-state index contributed by atoms with van der Waals surface area (Å²) in [6.45, 7) is 11.2. The molecular formula is C32H37N5O2. The van der Waals surface area contributed by atoms with Crippen LogP contribution in [0.15, 0.2) is 93.3 Å². The number of benzene rings is 3. The number of hydrogen-bond donors (Lipinski definition) is 0. The largest absolute Gasteiger partial charge is 0.463 e. The molecule has 0 bridgehead atoms. The minimum Gasteiger partial charge on any atom is -0.463 e. The predicted octanol–water partition coefficient (Wildman–Crippen LogP) is 8.94. The number of azo groups is 2. The number of terminal acetylenes is 1. The second kappa shape index (κ2) is 13.0. The van der Waals surface area contributed by atoms with Crippen molar-refractivity contribution >= 4 is 34.4 Å². The molecule has 0 saturated carbocycles. The molecular weight excluding hydrogens is 486 g/mol. The minimum absolute atomic E-state index is 0.0604. The Labute approximate surface area is 232 Å². The van der Waals surface area contributed by atoms with E-state index in [9.17, 15) is 4.79 Å². The second-order valence-corrected chi connectivity index (χ2v) is 11.3. The third kappa shape index (κ3) is 9.50. The summed E-state index contributed by atoms with van der Waals surface area (Å²) in [4.78, 5) is 14.6. The maximum Gasteiger partial charge on any atom is 0.311 e. The molecule has 0 N–H and O–H groups in total. The van der Waals surface area contributed by atoms with Gasteiger partial charge in [-0.1, -0.05) is 26.7 Å². The van der Waals surface area contributed by atoms with Gasteiger partial charge >= 0.3 is 5.97 Å². The average Bonchev–Trinajstić information content (AvgIpc) is 2.90. The normalized spacial score (nSPS) is 12.0. The van der Waals surface area contributed by atoms with E-state index in [0.717, 1.165) is 29.0 Å². The fourth-order valence-corrected chi connectivity index (χ4v) is 4.21. The average molecular weight is 524 g/mol. The Hall–Kier alpha value is -4.31. The van der Waals surface area contributed by atoms with Crippen molar-refractivity contribution in [3.8, 4) is 12.3 Å². The van der Waals surface area contributed by atoms with E-state index in [1.165, 1.54) is 0 Å². The molecule has 7 heteroatoms. The molecule has 7 nitrogen and oxygen atoms in total. The summed E-state index contributed by atoms with van der Waals surface area (Å²) in [6.07, 6.45) is 6.14. The monoisotopic (exact) mass is 523 g/mol. The Balaban J connectivity index is 1.49. The number of esters is 1. The molecule has 0 radical (unpaired) electrons. The molecule has 0 fully saturated rings. The van der Waals surface area contributed by atoms with Gasteiger partial charge in [0.25, 0.3) is 0 Å². The van der Waals surface area contributed by atoms with Gasteiger partial charge in [-0.25, -0.2) is 0 Å². The number of anilines is 1. The van der Waals surface area contributed by atoms with E-state index in [-0.39, 0.29) is 11.4 Å². The van der Waals surface area contributed by atoms with Gasteiger partial charge in [-0.3, -0.25) is 4.79 Å². The van der Waals surface area contributed by atoms with Crippen molar-refractivity contribution < 1.29 is 9.53 Å². The van der Waals surface area contributed by atoms with E-state index in [2.05, 4.69) is 47.1 Å². The van der Waals surface area contributed by atoms with E-state index in [1.54, 1.807) is 0 Å². The maximum absolute atomic E-state index is 12.5. The predicted molar refractivity (Wildman–Crippen MR) is 158 cm³/mol. The van der Waals surface area contributed by atoms with E-state index in [0.29, 0.717) is 24.5 Å². The second-order valence-electron chi connectivity index (χ2n) is 11.3. The van der Waals surface area contributed by atoms with Crippen molar-refractivity contribution in [2.24, 2.45) is 31.3 Å². The molecule has 3 aromatic carbocycles. The van der Waals surface area contributed by atoms with E-state index in [4.69, 9.17) is 11.2 Å². The third-order valence-electron chi connectivity index (χ3n) is 5.92. The molecule has 202 valence electrons. The Morgan fingerprint density at radius 3 is 1.59 bits per heavy atom. The zero-order valence-electron chi connectivity index (χ0n) is 23.7. The van der Waals surface area contributed by atoms with Crippen LogP contribution in [0.4, 0.5) is 28.4 Å². The van der Waals surface area contributed by atoms with Gasteiger partial charge in [0.05, 0.1) is 34.7 Å². The van der Waals surface area contributed by atoms with Gasteiger partial charge in [0, 0.05) is 18.3 Å². The number of carbonyl (C=O) groups excluding carboxylic acids is 1. The van der Waals surface area contributed by atoms with Crippen LogP contribution in [-0.2, 0) is 9.53 Å². The van der Waals surface area contributed by atoms with Crippen LogP contribution in [0.5, 0.6) is 0 Å². The Kier molecular flexibility index (Phi) is 9.73. The highest BCUT2D eigenvalue weighted by Crippen LogP contribution is 2.34. The highest BCUT2D eigenvalue weighted by molar-refractivity contribution is 5.76. The van der Waals surface area contributed by atoms with E-state index in [1.807, 2.05) is 98.6 Å². The summed E-state index contributed by atoms with van der Waals surface area (Å²) in [6, 6.07) is 22.4. The van der Waals surface area contributed by atoms with E-state index < -0.39 is 5.41 Å². The number of carbonyl (C=O) groups is 1. The van der Waals surface area contributed by atoms with Crippen LogP contribution in [0.3, 0.4) is 0 Å². The lowest BCUT2D eigenvalue weighted by molar-refractivity contribution is -0.155. The molecule has 0 unspecified atom stereocenters. The van der Waals surface area contributed by atoms with Crippen molar-refractivity contribution in [2.75, 3.05) is 25.1 Å². The topological polar surface area (TPSA) is 79.0 Å². The SMILES string of the molecule is C#Cc1ccc(N=Nc2ccc(N=Nc3ccc(N(C)CCOC(=O)C(C)(C)CC(C)(C)C)cc3)cc2)cc1. The van der Waals surface area contributed by atoms with E-state index >= 15 is 0 Å². The molecule has 0 saturated heterocycles. The molecule has 3 aromatic rings. The number of nitrogens with zero attached hydrogens (tertiary/aromatic N) is 5. The Morgan fingerprint density at radius 1 is 0.769 bits per heavy atom. The number of hydrogen-bond acceptors (Lipinski definition) is 7. The summed E-state index contributed by atoms with van der Waals surface area (Å²) < 4.78 is 5.58. The summed E-state index contributed by atoms with van der Waals surface area (Å²) in [5.41, 5.74) is 4.25. The smallest absolute Gasteiger partial charge is 0.311 e. The molecule has 0 aromatic heterocycles. The van der Waals surface area contributed by atoms with Gasteiger partial charge in [-0.15, -0.1) is 6.42 Å². The zero-order valence-corrected chi connectivity index (χ0v) is 23.7. The minimum atomic E-state index is -0.510. The van der Waals surface area contributed by atoms with Gasteiger partial charge in [-0.2, -0.15) is 20.5 Å². The first-order valence-corrected chi connectivity index (χ1v) is 12.9. The van der Waals surface area contributed by atoms with Crippen LogP contribution in [0.1, 0.15) is 46.6 Å². The molecule has 39 heavy (non-hydrogen) atoms. The maximum atomic E-state index is 12.5. The molecule has 0 aliphatic heterocycles. The molecule has 0 aliphatic carbocycles. The highest BCUT2D eigenvalue weighted by Gasteiger charge is 2.33. The summed E-state index contributed by atoms with van der Waals surface area (Å²) in [5, 5.41) is 17.1. The fraction of sp³-hybridized carbons (Fsp3) is 0.344. The van der Waals surface area contributed by atoms with Crippen molar-refractivity contribution in [1.29, 1.82) is 0 Å². The lowest BCUT2D eigenvalue weighted by Gasteiger charge is -2.30. The van der Waals surface area contributed by atoms with Crippen LogP contribution in [0.25, 0.3) is 0 Å². The van der Waals surface area contributed by atoms with Crippen LogP contribution in [-0.4, -0.2) is 26.2 Å². The van der Waals surface area contributed by atoms with Crippen LogP contribution < -0.4 is 4.90 Å². The Morgan fingerprint density at radius 2 is 1.18 bits per heavy atom. The van der Waals surface area contributed by atoms with Gasteiger partial charge in [0.1, 0.15) is 6.61 Å². The van der Waals surface area contributed by atoms with Crippen molar-refractivity contribution in [3.05, 3.63) is 78.4 Å². The van der Waals surface area contributed by atoms with Crippen molar-refractivity contribution in [2.45, 2.75) is 41.0 Å². The van der Waals surface area contributed by atoms with Crippen molar-refractivity contribution in [1.82, 2.24) is 0 Å². The number of rotatable bonds is 10. The standard InChI is InChI=1S/C32H37N5O2/c1-8-24-9-11-25(12-10-24)33-34-26-13-15-27(16-14-26)35-36-28-17-19-29(20-18-28)37(7)21-22-39-30(38)32(5,6)23-31(2,3)4/h1,9-20H,21-23H2,2-7H3. The Bertz CT molecular complexity index is 1330. The van der Waals surface area contributed by atoms with Gasteiger partial charge in [0.2, 0.25) is 0 Å². The van der Waals surface area contributed by atoms with Crippen LogP contribution in [0, 0.1) is 23.2 Å².